The van der Waals surface area contributed by atoms with E-state index in [1.807, 2.05) is 47.9 Å². The minimum Gasteiger partial charge on any atom is -0.487 e. The summed E-state index contributed by atoms with van der Waals surface area (Å²) in [5.74, 6) is -0.634. The number of aromatic nitrogens is 1. The molecule has 0 aliphatic rings. The van der Waals surface area contributed by atoms with Gasteiger partial charge in [0.05, 0.1) is 11.3 Å². The van der Waals surface area contributed by atoms with Crippen molar-refractivity contribution < 1.29 is 37.1 Å². The summed E-state index contributed by atoms with van der Waals surface area (Å²) in [5.41, 5.74) is 6.99. The zero-order valence-corrected chi connectivity index (χ0v) is 21.0. The van der Waals surface area contributed by atoms with Crippen LogP contribution in [-0.2, 0) is 22.8 Å². The van der Waals surface area contributed by atoms with Crippen molar-refractivity contribution in [2.75, 3.05) is 0 Å². The fraction of sp³-hybridized carbons (Fsp3) is 0.214. The summed E-state index contributed by atoms with van der Waals surface area (Å²) >= 11 is 0. The average Bonchev–Trinajstić information content (AvgIpc) is 3.24. The highest BCUT2D eigenvalue weighted by atomic mass is 19.4. The molecule has 1 amide bonds. The Morgan fingerprint density at radius 3 is 2.36 bits per heavy atom. The minimum atomic E-state index is -4.77. The first-order chi connectivity index (χ1) is 18.7. The number of alkyl halides is 3. The van der Waals surface area contributed by atoms with E-state index in [4.69, 9.17) is 9.57 Å². The fourth-order valence-electron chi connectivity index (χ4n) is 3.89. The number of hydrogen-bond acceptors (Lipinski definition) is 6. The second kappa shape index (κ2) is 12.4. The number of nitrogens with zero attached hydrogens (tertiary/aromatic N) is 1. The number of fused-ring (bicyclic) bond motifs is 1. The quantitative estimate of drug-likeness (QED) is 0.238. The molecule has 11 heteroatoms. The first-order valence-corrected chi connectivity index (χ1v) is 12.1. The van der Waals surface area contributed by atoms with Crippen molar-refractivity contribution in [1.29, 1.82) is 0 Å². The standard InChI is InChI=1S/C28H26F3N3O5/c1-2-6-26(35)32-33-39-27(36)20-11-14-25-21(15-20)16-22(18-37-23-7-4-3-5-8-23)34(25)17-19-9-12-24(13-10-19)38-28(29,30)31/h3-5,7-16,33H,2,6,17-18H2,1H3,(H,32,35). The fourth-order valence-corrected chi connectivity index (χ4v) is 3.89. The van der Waals surface area contributed by atoms with Crippen LogP contribution in [0.2, 0.25) is 0 Å². The van der Waals surface area contributed by atoms with E-state index in [1.165, 1.54) is 12.1 Å². The van der Waals surface area contributed by atoms with Crippen LogP contribution in [0.5, 0.6) is 11.5 Å². The van der Waals surface area contributed by atoms with Crippen LogP contribution >= 0.6 is 0 Å². The number of para-hydroxylation sites is 1. The molecule has 0 aliphatic carbocycles. The van der Waals surface area contributed by atoms with Gasteiger partial charge in [-0.2, -0.15) is 0 Å². The van der Waals surface area contributed by atoms with E-state index >= 15 is 0 Å². The van der Waals surface area contributed by atoms with E-state index in [0.29, 0.717) is 18.7 Å². The highest BCUT2D eigenvalue weighted by Gasteiger charge is 2.31. The highest BCUT2D eigenvalue weighted by molar-refractivity contribution is 5.95. The van der Waals surface area contributed by atoms with Crippen molar-refractivity contribution >= 4 is 22.8 Å². The maximum absolute atomic E-state index is 12.5. The van der Waals surface area contributed by atoms with Crippen LogP contribution in [0.15, 0.2) is 78.9 Å². The highest BCUT2D eigenvalue weighted by Crippen LogP contribution is 2.26. The summed E-state index contributed by atoms with van der Waals surface area (Å²) in [6, 6.07) is 21.7. The molecule has 1 aromatic heterocycles. The number of hydrogen-bond donors (Lipinski definition) is 2. The zero-order valence-electron chi connectivity index (χ0n) is 21.0. The number of amides is 1. The van der Waals surface area contributed by atoms with Gasteiger partial charge >= 0.3 is 12.3 Å². The molecule has 0 saturated heterocycles. The Morgan fingerprint density at radius 2 is 1.67 bits per heavy atom. The number of hydrazine groups is 1. The number of carbonyl (C=O) groups excluding carboxylic acids is 2. The Hall–Kier alpha value is -4.51. The first kappa shape index (κ1) is 27.5. The van der Waals surface area contributed by atoms with Crippen LogP contribution < -0.4 is 20.5 Å². The maximum atomic E-state index is 12.5. The van der Waals surface area contributed by atoms with E-state index in [-0.39, 0.29) is 30.2 Å². The van der Waals surface area contributed by atoms with Gasteiger partial charge in [0.2, 0.25) is 5.91 Å². The third-order valence-electron chi connectivity index (χ3n) is 5.66. The summed E-state index contributed by atoms with van der Waals surface area (Å²) in [6.45, 7) is 2.39. The minimum absolute atomic E-state index is 0.207. The molecule has 0 bridgehead atoms. The second-order valence-electron chi connectivity index (χ2n) is 8.58. The van der Waals surface area contributed by atoms with Gasteiger partial charge in [0.25, 0.3) is 0 Å². The number of ether oxygens (including phenoxy) is 2. The molecule has 204 valence electrons. The number of nitrogens with one attached hydrogen (secondary N) is 2. The lowest BCUT2D eigenvalue weighted by Crippen LogP contribution is -2.38. The summed E-state index contributed by atoms with van der Waals surface area (Å²) in [6.07, 6.45) is -3.83. The summed E-state index contributed by atoms with van der Waals surface area (Å²) in [7, 11) is 0. The van der Waals surface area contributed by atoms with Gasteiger partial charge < -0.3 is 18.9 Å². The number of rotatable bonds is 11. The molecule has 4 rings (SSSR count). The van der Waals surface area contributed by atoms with Gasteiger partial charge in [0, 0.05) is 23.9 Å². The lowest BCUT2D eigenvalue weighted by Gasteiger charge is -2.13. The third-order valence-corrected chi connectivity index (χ3v) is 5.66. The third kappa shape index (κ3) is 7.74. The van der Waals surface area contributed by atoms with Gasteiger partial charge in [0.1, 0.15) is 18.1 Å². The Morgan fingerprint density at radius 1 is 0.923 bits per heavy atom. The second-order valence-corrected chi connectivity index (χ2v) is 8.58. The monoisotopic (exact) mass is 541 g/mol. The number of halogens is 3. The SMILES string of the molecule is CCCC(=O)NNOC(=O)c1ccc2c(c1)cc(COc1ccccc1)n2Cc1ccc(OC(F)(F)F)cc1. The van der Waals surface area contributed by atoms with Crippen LogP contribution in [0.4, 0.5) is 13.2 Å². The van der Waals surface area contributed by atoms with E-state index in [2.05, 4.69) is 15.8 Å². The zero-order chi connectivity index (χ0) is 27.8. The van der Waals surface area contributed by atoms with Crippen molar-refractivity contribution in [3.63, 3.8) is 0 Å². The lowest BCUT2D eigenvalue weighted by atomic mass is 10.1. The molecule has 2 N–H and O–H groups in total. The number of benzene rings is 3. The van der Waals surface area contributed by atoms with E-state index < -0.39 is 12.3 Å². The molecule has 0 saturated carbocycles. The van der Waals surface area contributed by atoms with Crippen molar-refractivity contribution in [3.05, 3.63) is 95.7 Å². The molecular formula is C28H26F3N3O5. The summed E-state index contributed by atoms with van der Waals surface area (Å²) in [4.78, 5) is 29.0. The normalized spacial score (nSPS) is 11.3. The topological polar surface area (TPSA) is 90.8 Å². The molecular weight excluding hydrogens is 515 g/mol. The predicted octanol–water partition coefficient (Wildman–Crippen LogP) is 5.66. The summed E-state index contributed by atoms with van der Waals surface area (Å²) in [5, 5.41) is 0.725. The van der Waals surface area contributed by atoms with Gasteiger partial charge in [0.15, 0.2) is 0 Å². The maximum Gasteiger partial charge on any atom is 0.573 e. The Labute approximate surface area is 222 Å². The molecule has 4 aromatic rings. The molecule has 0 aliphatic heterocycles. The molecule has 39 heavy (non-hydrogen) atoms. The molecule has 0 spiro atoms. The first-order valence-electron chi connectivity index (χ1n) is 12.1. The van der Waals surface area contributed by atoms with E-state index in [9.17, 15) is 22.8 Å². The lowest BCUT2D eigenvalue weighted by molar-refractivity contribution is -0.274. The van der Waals surface area contributed by atoms with Gasteiger partial charge in [-0.15, -0.1) is 13.2 Å². The van der Waals surface area contributed by atoms with Crippen LogP contribution in [-0.4, -0.2) is 22.8 Å². The van der Waals surface area contributed by atoms with E-state index in [1.54, 1.807) is 30.3 Å². The van der Waals surface area contributed by atoms with Gasteiger partial charge in [-0.05, 0) is 60.5 Å². The predicted molar refractivity (Wildman–Crippen MR) is 137 cm³/mol. The van der Waals surface area contributed by atoms with Crippen molar-refractivity contribution in [2.24, 2.45) is 0 Å². The smallest absolute Gasteiger partial charge is 0.487 e. The van der Waals surface area contributed by atoms with Gasteiger partial charge in [-0.1, -0.05) is 42.8 Å². The Kier molecular flexibility index (Phi) is 8.72. The van der Waals surface area contributed by atoms with Gasteiger partial charge in [-0.25, -0.2) is 4.79 Å². The number of carbonyl (C=O) groups is 2. The van der Waals surface area contributed by atoms with Crippen LogP contribution in [0.25, 0.3) is 10.9 Å². The molecule has 0 atom stereocenters. The Bertz CT molecular complexity index is 1420. The molecule has 0 fully saturated rings. The summed E-state index contributed by atoms with van der Waals surface area (Å²) < 4.78 is 49.4. The molecule has 1 heterocycles. The molecule has 8 nitrogen and oxygen atoms in total. The largest absolute Gasteiger partial charge is 0.573 e. The van der Waals surface area contributed by atoms with Crippen LogP contribution in [0.3, 0.4) is 0 Å². The van der Waals surface area contributed by atoms with Crippen LogP contribution in [0.1, 0.15) is 41.4 Å². The molecule has 0 radical (unpaired) electrons. The van der Waals surface area contributed by atoms with E-state index in [0.717, 1.165) is 22.2 Å². The van der Waals surface area contributed by atoms with Crippen molar-refractivity contribution in [1.82, 2.24) is 15.6 Å². The van der Waals surface area contributed by atoms with Crippen LogP contribution in [0, 0.1) is 0 Å². The van der Waals surface area contributed by atoms with Gasteiger partial charge in [-0.3, -0.25) is 10.2 Å². The van der Waals surface area contributed by atoms with Crippen molar-refractivity contribution in [3.8, 4) is 11.5 Å². The van der Waals surface area contributed by atoms with Crippen molar-refractivity contribution in [2.45, 2.75) is 39.3 Å². The Balaban J connectivity index is 1.56. The molecule has 3 aromatic carbocycles. The molecule has 0 unspecified atom stereocenters. The average molecular weight is 542 g/mol.